The van der Waals surface area contributed by atoms with E-state index in [1.165, 1.54) is 16.0 Å². The molecule has 0 aliphatic heterocycles. The van der Waals surface area contributed by atoms with Crippen molar-refractivity contribution in [2.75, 3.05) is 7.11 Å². The molecule has 0 saturated heterocycles. The molecule has 0 saturated carbocycles. The van der Waals surface area contributed by atoms with E-state index in [9.17, 15) is 0 Å². The lowest BCUT2D eigenvalue weighted by molar-refractivity contribution is 0.399. The fourth-order valence-corrected chi connectivity index (χ4v) is 3.38. The molecule has 23 heavy (non-hydrogen) atoms. The van der Waals surface area contributed by atoms with E-state index in [0.29, 0.717) is 0 Å². The second-order valence-electron chi connectivity index (χ2n) is 4.87. The molecule has 4 nitrogen and oxygen atoms in total. The molecule has 3 aromatic rings. The third-order valence-corrected chi connectivity index (χ3v) is 4.42. The number of hydrogen-bond acceptors (Lipinski definition) is 4. The fraction of sp³-hybridized carbons (Fsp3) is 0.444. The molecule has 1 N–H and O–H groups in total. The van der Waals surface area contributed by atoms with Gasteiger partial charge in [0, 0.05) is 25.1 Å². The zero-order valence-corrected chi connectivity index (χ0v) is 16.0. The van der Waals surface area contributed by atoms with E-state index in [-0.39, 0.29) is 0 Å². The Labute approximate surface area is 142 Å². The Balaban J connectivity index is 0.000000615. The third-order valence-electron chi connectivity index (χ3n) is 3.29. The van der Waals surface area contributed by atoms with Gasteiger partial charge in [-0.25, -0.2) is 9.97 Å². The lowest BCUT2D eigenvalue weighted by atomic mass is 10.1. The molecule has 0 unspecified atom stereocenters. The number of aromatic nitrogens is 3. The van der Waals surface area contributed by atoms with E-state index in [2.05, 4.69) is 53.6 Å². The highest BCUT2D eigenvalue weighted by molar-refractivity contribution is 7.15. The van der Waals surface area contributed by atoms with Crippen LogP contribution in [0.4, 0.5) is 0 Å². The van der Waals surface area contributed by atoms with Crippen molar-refractivity contribution >= 4 is 17.0 Å². The first kappa shape index (κ1) is 19.3. The Morgan fingerprint density at radius 1 is 1.09 bits per heavy atom. The number of thiazole rings is 1. The molecule has 0 bridgehead atoms. The molecular formula is C18H27N3OS. The molecule has 3 aromatic heterocycles. The summed E-state index contributed by atoms with van der Waals surface area (Å²) in [5.74, 6) is 0. The molecule has 3 heterocycles. The molecule has 0 fully saturated rings. The Kier molecular flexibility index (Phi) is 7.39. The predicted octanol–water partition coefficient (Wildman–Crippen LogP) is 4.58. The number of hydrogen-bond donors (Lipinski definition) is 1. The number of fused-ring (bicyclic) bond motifs is 1. The summed E-state index contributed by atoms with van der Waals surface area (Å²) in [6.07, 6.45) is 5.24. The topological polar surface area (TPSA) is 50.4 Å². The maximum Gasteiger partial charge on any atom is 0.140 e. The summed E-state index contributed by atoms with van der Waals surface area (Å²) in [6, 6.07) is 2.25. The average molecular weight is 334 g/mol. The van der Waals surface area contributed by atoms with E-state index in [1.807, 2.05) is 20.8 Å². The zero-order chi connectivity index (χ0) is 17.6. The summed E-state index contributed by atoms with van der Waals surface area (Å²) in [4.78, 5) is 10.4. The normalized spacial score (nSPS) is 9.91. The highest BCUT2D eigenvalue weighted by Crippen LogP contribution is 2.31. The molecular weight excluding hydrogens is 306 g/mol. The summed E-state index contributed by atoms with van der Waals surface area (Å²) in [5, 5.41) is 8.12. The second-order valence-corrected chi connectivity index (χ2v) is 6.07. The van der Waals surface area contributed by atoms with Crippen LogP contribution >= 0.6 is 11.3 Å². The molecule has 5 heteroatoms. The number of aryl methyl sites for hydroxylation is 4. The van der Waals surface area contributed by atoms with Gasteiger partial charge in [-0.15, -0.1) is 11.3 Å². The number of rotatable bonds is 2. The van der Waals surface area contributed by atoms with E-state index in [1.54, 1.807) is 11.3 Å². The first-order valence-electron chi connectivity index (χ1n) is 7.96. The van der Waals surface area contributed by atoms with Crippen LogP contribution in [0.15, 0.2) is 18.5 Å². The predicted molar refractivity (Wildman–Crippen MR) is 99.4 cm³/mol. The monoisotopic (exact) mass is 333 g/mol. The maximum absolute atomic E-state index is 7.00. The van der Waals surface area contributed by atoms with Crippen molar-refractivity contribution in [2.45, 2.75) is 48.0 Å². The van der Waals surface area contributed by atoms with Crippen LogP contribution in [0.3, 0.4) is 0 Å². The molecule has 0 aliphatic rings. The number of pyridine rings is 1. The first-order valence-corrected chi connectivity index (χ1v) is 8.77. The molecule has 0 spiro atoms. The van der Waals surface area contributed by atoms with E-state index in [0.717, 1.165) is 35.6 Å². The maximum atomic E-state index is 7.00. The summed E-state index contributed by atoms with van der Waals surface area (Å²) in [5.41, 5.74) is 5.77. The van der Waals surface area contributed by atoms with Gasteiger partial charge in [0.2, 0.25) is 0 Å². The third kappa shape index (κ3) is 4.18. The van der Waals surface area contributed by atoms with Crippen LogP contribution in [0.2, 0.25) is 0 Å². The molecule has 0 atom stereocenters. The molecule has 3 rings (SSSR count). The number of aliphatic hydroxyl groups excluding tert-OH is 1. The van der Waals surface area contributed by atoms with Gasteiger partial charge in [-0.1, -0.05) is 20.8 Å². The quantitative estimate of drug-likeness (QED) is 0.747. The summed E-state index contributed by atoms with van der Waals surface area (Å²) >= 11 is 1.76. The SMILES string of the molecule is CC.CCc1cc(-c2sc(C)nc2C)cn2cc(C)nc12.CO. The number of nitrogens with zero attached hydrogens (tertiary/aromatic N) is 3. The smallest absolute Gasteiger partial charge is 0.140 e. The van der Waals surface area contributed by atoms with Gasteiger partial charge < -0.3 is 9.51 Å². The number of aliphatic hydroxyl groups is 1. The number of imidazole rings is 1. The lowest BCUT2D eigenvalue weighted by Gasteiger charge is -2.05. The van der Waals surface area contributed by atoms with Crippen molar-refractivity contribution in [1.29, 1.82) is 0 Å². The second kappa shape index (κ2) is 8.79. The van der Waals surface area contributed by atoms with Crippen LogP contribution < -0.4 is 0 Å². The minimum absolute atomic E-state index is 0.991. The Bertz CT molecular complexity index is 759. The minimum atomic E-state index is 0.991. The molecule has 0 aromatic carbocycles. The fourth-order valence-electron chi connectivity index (χ4n) is 2.47. The molecule has 0 amide bonds. The molecule has 0 aliphatic carbocycles. The van der Waals surface area contributed by atoms with Crippen LogP contribution in [0.5, 0.6) is 0 Å². The van der Waals surface area contributed by atoms with Crippen LogP contribution in [-0.2, 0) is 6.42 Å². The Morgan fingerprint density at radius 3 is 2.26 bits per heavy atom. The van der Waals surface area contributed by atoms with Gasteiger partial charge in [0.15, 0.2) is 0 Å². The average Bonchev–Trinajstić information content (AvgIpc) is 3.11. The Morgan fingerprint density at radius 2 is 1.74 bits per heavy atom. The van der Waals surface area contributed by atoms with Crippen LogP contribution in [-0.4, -0.2) is 26.6 Å². The van der Waals surface area contributed by atoms with Gasteiger partial charge in [-0.05, 0) is 38.8 Å². The molecule has 126 valence electrons. The van der Waals surface area contributed by atoms with E-state index < -0.39 is 0 Å². The highest BCUT2D eigenvalue weighted by atomic mass is 32.1. The lowest BCUT2D eigenvalue weighted by Crippen LogP contribution is -1.92. The van der Waals surface area contributed by atoms with Crippen molar-refractivity contribution in [2.24, 2.45) is 0 Å². The van der Waals surface area contributed by atoms with Crippen molar-refractivity contribution in [1.82, 2.24) is 14.4 Å². The largest absolute Gasteiger partial charge is 0.400 e. The van der Waals surface area contributed by atoms with Crippen molar-refractivity contribution in [3.8, 4) is 10.4 Å². The van der Waals surface area contributed by atoms with Crippen molar-refractivity contribution < 1.29 is 5.11 Å². The Hall–Kier alpha value is -1.72. The standard InChI is InChI=1S/C15H17N3S.C2H6.CH4O/c1-5-12-6-13(14-10(3)17-11(4)19-14)8-18-7-9(2)16-15(12)18;2*1-2/h6-8H,5H2,1-4H3;1-2H3;2H,1H3. The van der Waals surface area contributed by atoms with Crippen molar-refractivity contribution in [3.63, 3.8) is 0 Å². The summed E-state index contributed by atoms with van der Waals surface area (Å²) in [7, 11) is 1.00. The van der Waals surface area contributed by atoms with Crippen LogP contribution in [0.1, 0.15) is 42.7 Å². The van der Waals surface area contributed by atoms with Gasteiger partial charge >= 0.3 is 0 Å². The van der Waals surface area contributed by atoms with Gasteiger partial charge in [-0.2, -0.15) is 0 Å². The van der Waals surface area contributed by atoms with E-state index >= 15 is 0 Å². The highest BCUT2D eigenvalue weighted by Gasteiger charge is 2.11. The van der Waals surface area contributed by atoms with Gasteiger partial charge in [-0.3, -0.25) is 0 Å². The van der Waals surface area contributed by atoms with E-state index in [4.69, 9.17) is 5.11 Å². The first-order chi connectivity index (χ1) is 11.1. The molecule has 0 radical (unpaired) electrons. The van der Waals surface area contributed by atoms with Crippen LogP contribution in [0.25, 0.3) is 16.1 Å². The van der Waals surface area contributed by atoms with Crippen LogP contribution in [0, 0.1) is 20.8 Å². The van der Waals surface area contributed by atoms with Gasteiger partial charge in [0.25, 0.3) is 0 Å². The zero-order valence-electron chi connectivity index (χ0n) is 15.1. The summed E-state index contributed by atoms with van der Waals surface area (Å²) < 4.78 is 2.14. The summed E-state index contributed by atoms with van der Waals surface area (Å²) in [6.45, 7) is 12.3. The van der Waals surface area contributed by atoms with Gasteiger partial charge in [0.1, 0.15) is 5.65 Å². The van der Waals surface area contributed by atoms with Crippen molar-refractivity contribution in [3.05, 3.63) is 40.4 Å². The minimum Gasteiger partial charge on any atom is -0.400 e. The van der Waals surface area contributed by atoms with Gasteiger partial charge in [0.05, 0.1) is 21.3 Å².